The van der Waals surface area contributed by atoms with E-state index in [-0.39, 0.29) is 17.2 Å². The monoisotopic (exact) mass is 454 g/mol. The van der Waals surface area contributed by atoms with E-state index in [2.05, 4.69) is 9.88 Å². The number of imidazole rings is 1. The first kappa shape index (κ1) is 22.2. The highest BCUT2D eigenvalue weighted by atomic mass is 32.2. The van der Waals surface area contributed by atoms with E-state index in [0.29, 0.717) is 45.8 Å². The normalized spacial score (nSPS) is 22.8. The lowest BCUT2D eigenvalue weighted by Crippen LogP contribution is -2.49. The molecule has 0 bridgehead atoms. The third-order valence-corrected chi connectivity index (χ3v) is 6.97. The predicted molar refractivity (Wildman–Crippen MR) is 111 cm³/mol. The molecule has 2 saturated heterocycles. The Labute approximate surface area is 183 Å². The maximum Gasteiger partial charge on any atom is 0.416 e. The summed E-state index contributed by atoms with van der Waals surface area (Å²) in [5.74, 6) is 0.0677. The number of benzene rings is 1. The van der Waals surface area contributed by atoms with Gasteiger partial charge in [-0.15, -0.1) is 0 Å². The minimum atomic E-state index is -4.36. The van der Waals surface area contributed by atoms with Crippen molar-refractivity contribution < 1.29 is 22.7 Å². The molecule has 0 radical (unpaired) electrons. The van der Waals surface area contributed by atoms with Gasteiger partial charge in [-0.1, -0.05) is 23.9 Å². The smallest absolute Gasteiger partial charge is 0.378 e. The second-order valence-corrected chi connectivity index (χ2v) is 9.14. The van der Waals surface area contributed by atoms with E-state index >= 15 is 0 Å². The molecule has 2 aliphatic heterocycles. The van der Waals surface area contributed by atoms with E-state index in [1.807, 2.05) is 22.7 Å². The molecule has 1 aromatic heterocycles. The minimum absolute atomic E-state index is 0.0677. The molecular weight excluding hydrogens is 429 g/mol. The van der Waals surface area contributed by atoms with Crippen LogP contribution in [0.25, 0.3) is 0 Å². The predicted octanol–water partition coefficient (Wildman–Crippen LogP) is 3.03. The van der Waals surface area contributed by atoms with Crippen LogP contribution in [0.5, 0.6) is 0 Å². The maximum atomic E-state index is 13.3. The van der Waals surface area contributed by atoms with Gasteiger partial charge in [0.15, 0.2) is 5.16 Å². The second kappa shape index (κ2) is 9.22. The third-order valence-electron chi connectivity index (χ3n) is 5.69. The Hall–Kier alpha value is -2.04. The number of carbonyl (C=O) groups excluding carboxylic acids is 1. The Kier molecular flexibility index (Phi) is 6.59. The summed E-state index contributed by atoms with van der Waals surface area (Å²) in [6.07, 6.45) is -0.0551. The lowest BCUT2D eigenvalue weighted by Gasteiger charge is -2.32. The maximum absolute atomic E-state index is 13.3. The Balaban J connectivity index is 1.50. The third kappa shape index (κ3) is 5.24. The highest BCUT2D eigenvalue weighted by Gasteiger charge is 2.40. The van der Waals surface area contributed by atoms with Crippen molar-refractivity contribution in [3.8, 4) is 0 Å². The molecule has 0 saturated carbocycles. The summed E-state index contributed by atoms with van der Waals surface area (Å²) < 4.78 is 46.0. The van der Waals surface area contributed by atoms with Crippen LogP contribution in [0.3, 0.4) is 0 Å². The summed E-state index contributed by atoms with van der Waals surface area (Å²) in [5, 5.41) is 1.06. The molecule has 0 aliphatic carbocycles. The molecule has 4 rings (SSSR count). The summed E-state index contributed by atoms with van der Waals surface area (Å²) in [6.45, 7) is 3.29. The number of halogens is 3. The van der Waals surface area contributed by atoms with Crippen LogP contribution in [0.15, 0.2) is 41.8 Å². The number of carbonyl (C=O) groups is 1. The Morgan fingerprint density at radius 3 is 2.55 bits per heavy atom. The number of alkyl halides is 3. The van der Waals surface area contributed by atoms with Crippen molar-refractivity contribution in [3.05, 3.63) is 47.8 Å². The molecule has 10 heteroatoms. The van der Waals surface area contributed by atoms with Crippen LogP contribution in [0.4, 0.5) is 13.2 Å². The Morgan fingerprint density at radius 2 is 1.94 bits per heavy atom. The van der Waals surface area contributed by atoms with Crippen molar-refractivity contribution in [3.63, 3.8) is 0 Å². The molecule has 6 nitrogen and oxygen atoms in total. The second-order valence-electron chi connectivity index (χ2n) is 7.87. The number of likely N-dealkylation sites (tertiary alicyclic amines) is 1. The van der Waals surface area contributed by atoms with Gasteiger partial charge in [0.1, 0.15) is 0 Å². The number of ether oxygens (including phenoxy) is 1. The zero-order chi connectivity index (χ0) is 22.0. The number of thioether (sulfide) groups is 1. The van der Waals surface area contributed by atoms with Gasteiger partial charge in [-0.05, 0) is 24.1 Å². The van der Waals surface area contributed by atoms with Gasteiger partial charge in [0.25, 0.3) is 0 Å². The van der Waals surface area contributed by atoms with E-state index in [1.54, 1.807) is 18.0 Å². The van der Waals surface area contributed by atoms with Gasteiger partial charge in [-0.2, -0.15) is 13.2 Å². The summed E-state index contributed by atoms with van der Waals surface area (Å²) >= 11 is 1.64. The van der Waals surface area contributed by atoms with Gasteiger partial charge in [0.2, 0.25) is 5.91 Å². The minimum Gasteiger partial charge on any atom is -0.378 e. The average Bonchev–Trinajstić information content (AvgIpc) is 3.34. The zero-order valence-corrected chi connectivity index (χ0v) is 18.0. The lowest BCUT2D eigenvalue weighted by atomic mass is 10.1. The molecule has 1 aromatic carbocycles. The first-order valence-corrected chi connectivity index (χ1v) is 11.1. The first-order valence-electron chi connectivity index (χ1n) is 10.2. The van der Waals surface area contributed by atoms with Crippen LogP contribution < -0.4 is 0 Å². The van der Waals surface area contributed by atoms with Crippen LogP contribution in [0, 0.1) is 0 Å². The first-order chi connectivity index (χ1) is 14.8. The zero-order valence-electron chi connectivity index (χ0n) is 17.2. The number of hydrogen-bond donors (Lipinski definition) is 0. The fourth-order valence-electron chi connectivity index (χ4n) is 4.02. The van der Waals surface area contributed by atoms with E-state index in [1.165, 1.54) is 12.1 Å². The summed E-state index contributed by atoms with van der Waals surface area (Å²) in [5.41, 5.74) is 0.0947. The van der Waals surface area contributed by atoms with Gasteiger partial charge >= 0.3 is 6.18 Å². The summed E-state index contributed by atoms with van der Waals surface area (Å²) in [7, 11) is 1.93. The molecule has 2 aromatic rings. The number of rotatable bonds is 5. The van der Waals surface area contributed by atoms with E-state index in [9.17, 15) is 18.0 Å². The number of nitrogens with zero attached hydrogens (tertiary/aromatic N) is 4. The van der Waals surface area contributed by atoms with Crippen molar-refractivity contribution in [2.24, 2.45) is 7.05 Å². The topological polar surface area (TPSA) is 50.6 Å². The molecule has 2 aliphatic rings. The average molecular weight is 455 g/mol. The number of aromatic nitrogens is 2. The quantitative estimate of drug-likeness (QED) is 0.695. The van der Waals surface area contributed by atoms with Crippen LogP contribution in [-0.2, 0) is 29.3 Å². The highest BCUT2D eigenvalue weighted by molar-refractivity contribution is 7.99. The van der Waals surface area contributed by atoms with Crippen molar-refractivity contribution in [2.45, 2.75) is 35.6 Å². The fourth-order valence-corrected chi connectivity index (χ4v) is 5.21. The Morgan fingerprint density at radius 1 is 1.23 bits per heavy atom. The molecule has 0 unspecified atom stereocenters. The van der Waals surface area contributed by atoms with Crippen LogP contribution in [0.2, 0.25) is 0 Å². The molecule has 2 atom stereocenters. The van der Waals surface area contributed by atoms with Crippen LogP contribution in [-0.4, -0.2) is 69.4 Å². The van der Waals surface area contributed by atoms with Gasteiger partial charge in [0, 0.05) is 50.9 Å². The van der Waals surface area contributed by atoms with Gasteiger partial charge < -0.3 is 14.2 Å². The highest BCUT2D eigenvalue weighted by Crippen LogP contribution is 2.34. The van der Waals surface area contributed by atoms with Crippen molar-refractivity contribution in [1.82, 2.24) is 19.4 Å². The van der Waals surface area contributed by atoms with Crippen molar-refractivity contribution in [2.75, 3.05) is 32.8 Å². The van der Waals surface area contributed by atoms with E-state index < -0.39 is 11.7 Å². The van der Waals surface area contributed by atoms with Crippen molar-refractivity contribution in [1.29, 1.82) is 0 Å². The molecule has 2 fully saturated rings. The number of morpholine rings is 1. The molecule has 168 valence electrons. The SMILES string of the molecule is Cn1ccnc1S[C@@H]1C[C@@H](C(=O)N2CCOCC2)N(Cc2ccc(C(F)(F)F)cc2)C1. The van der Waals surface area contributed by atoms with E-state index in [0.717, 1.165) is 22.9 Å². The molecule has 31 heavy (non-hydrogen) atoms. The number of amides is 1. The van der Waals surface area contributed by atoms with Gasteiger partial charge in [-0.3, -0.25) is 9.69 Å². The van der Waals surface area contributed by atoms with Crippen LogP contribution >= 0.6 is 11.8 Å². The standard InChI is InChI=1S/C21H25F3N4O2S/c1-26-7-6-25-20(26)31-17-12-18(19(29)27-8-10-30-11-9-27)28(14-17)13-15-2-4-16(5-3-15)21(22,23)24/h2-7,17-18H,8-14H2,1H3/t17-,18+/m1/s1. The molecule has 1 amide bonds. The summed E-state index contributed by atoms with van der Waals surface area (Å²) in [6, 6.07) is 4.89. The van der Waals surface area contributed by atoms with Gasteiger partial charge in [0.05, 0.1) is 24.8 Å². The molecule has 0 spiro atoms. The summed E-state index contributed by atoms with van der Waals surface area (Å²) in [4.78, 5) is 21.5. The number of hydrogen-bond acceptors (Lipinski definition) is 5. The molecular formula is C21H25F3N4O2S. The lowest BCUT2D eigenvalue weighted by molar-refractivity contribution is -0.140. The molecule has 0 N–H and O–H groups in total. The molecule has 3 heterocycles. The largest absolute Gasteiger partial charge is 0.416 e. The fraction of sp³-hybridized carbons (Fsp3) is 0.524. The Bertz CT molecular complexity index is 897. The number of aryl methyl sites for hydroxylation is 1. The van der Waals surface area contributed by atoms with Crippen LogP contribution in [0.1, 0.15) is 17.5 Å². The van der Waals surface area contributed by atoms with Gasteiger partial charge in [-0.25, -0.2) is 4.98 Å². The van der Waals surface area contributed by atoms with Crippen molar-refractivity contribution >= 4 is 17.7 Å². The van der Waals surface area contributed by atoms with E-state index in [4.69, 9.17) is 4.74 Å².